The summed E-state index contributed by atoms with van der Waals surface area (Å²) >= 11 is 5.85. The van der Waals surface area contributed by atoms with Crippen LogP contribution in [-0.2, 0) is 14.3 Å². The van der Waals surface area contributed by atoms with Crippen LogP contribution in [0.15, 0.2) is 48.5 Å². The third kappa shape index (κ3) is 5.12. The standard InChI is InChI=1S/C21H21ClN2O4/c1-27-21(26)18-14-17(7-8-19(18)24-10-12-28-13-11-24)23-20(25)9-4-15-2-5-16(22)6-3-15/h2-9,14H,10-13H2,1H3,(H,23,25). The maximum Gasteiger partial charge on any atom is 0.340 e. The summed E-state index contributed by atoms with van der Waals surface area (Å²) < 4.78 is 10.3. The van der Waals surface area contributed by atoms with Crippen molar-refractivity contribution >= 4 is 40.9 Å². The first kappa shape index (κ1) is 19.9. The molecule has 2 aromatic rings. The van der Waals surface area contributed by atoms with E-state index in [1.165, 1.54) is 13.2 Å². The smallest absolute Gasteiger partial charge is 0.340 e. The minimum Gasteiger partial charge on any atom is -0.465 e. The van der Waals surface area contributed by atoms with E-state index in [1.807, 2.05) is 18.2 Å². The average Bonchev–Trinajstić information content (AvgIpc) is 2.73. The number of amides is 1. The van der Waals surface area contributed by atoms with Crippen LogP contribution in [0.2, 0.25) is 5.02 Å². The molecule has 7 heteroatoms. The van der Waals surface area contributed by atoms with Crippen molar-refractivity contribution in [1.29, 1.82) is 0 Å². The van der Waals surface area contributed by atoms with Crippen LogP contribution in [0.25, 0.3) is 6.08 Å². The Kier molecular flexibility index (Phi) is 6.68. The molecule has 6 nitrogen and oxygen atoms in total. The Hall–Kier alpha value is -2.83. The van der Waals surface area contributed by atoms with E-state index in [9.17, 15) is 9.59 Å². The molecule has 1 fully saturated rings. The summed E-state index contributed by atoms with van der Waals surface area (Å²) in [7, 11) is 1.34. The first-order chi connectivity index (χ1) is 13.6. The van der Waals surface area contributed by atoms with Crippen LogP contribution >= 0.6 is 11.6 Å². The van der Waals surface area contributed by atoms with Gasteiger partial charge in [-0.2, -0.15) is 0 Å². The quantitative estimate of drug-likeness (QED) is 0.613. The van der Waals surface area contributed by atoms with Crippen molar-refractivity contribution in [2.45, 2.75) is 0 Å². The lowest BCUT2D eigenvalue weighted by atomic mass is 10.1. The van der Waals surface area contributed by atoms with Crippen LogP contribution in [0.4, 0.5) is 11.4 Å². The average molecular weight is 401 g/mol. The molecule has 0 spiro atoms. The van der Waals surface area contributed by atoms with Crippen LogP contribution in [0.3, 0.4) is 0 Å². The number of nitrogens with zero attached hydrogens (tertiary/aromatic N) is 1. The van der Waals surface area contributed by atoms with E-state index in [2.05, 4.69) is 10.2 Å². The van der Waals surface area contributed by atoms with Crippen molar-refractivity contribution in [2.24, 2.45) is 0 Å². The maximum atomic E-state index is 12.2. The highest BCUT2D eigenvalue weighted by Crippen LogP contribution is 2.26. The van der Waals surface area contributed by atoms with Crippen molar-refractivity contribution in [3.8, 4) is 0 Å². The fourth-order valence-electron chi connectivity index (χ4n) is 2.90. The third-order valence-electron chi connectivity index (χ3n) is 4.32. The van der Waals surface area contributed by atoms with Crippen molar-refractivity contribution in [3.63, 3.8) is 0 Å². The Morgan fingerprint density at radius 3 is 2.54 bits per heavy atom. The van der Waals surface area contributed by atoms with Gasteiger partial charge in [-0.1, -0.05) is 23.7 Å². The van der Waals surface area contributed by atoms with E-state index in [0.29, 0.717) is 42.6 Å². The molecule has 0 unspecified atom stereocenters. The van der Waals surface area contributed by atoms with Crippen LogP contribution in [0, 0.1) is 0 Å². The van der Waals surface area contributed by atoms with Crippen LogP contribution in [0.5, 0.6) is 0 Å². The topological polar surface area (TPSA) is 67.9 Å². The summed E-state index contributed by atoms with van der Waals surface area (Å²) in [6.45, 7) is 2.60. The molecule has 3 rings (SSSR count). The molecular weight excluding hydrogens is 380 g/mol. The Bertz CT molecular complexity index is 874. The van der Waals surface area contributed by atoms with Gasteiger partial charge in [0.05, 0.1) is 31.6 Å². The molecule has 2 aromatic carbocycles. The number of nitrogens with one attached hydrogen (secondary N) is 1. The van der Waals surface area contributed by atoms with Gasteiger partial charge in [0.1, 0.15) is 0 Å². The van der Waals surface area contributed by atoms with E-state index in [1.54, 1.807) is 30.3 Å². The number of morpholine rings is 1. The number of anilines is 2. The number of hydrogen-bond acceptors (Lipinski definition) is 5. The van der Waals surface area contributed by atoms with Gasteiger partial charge >= 0.3 is 5.97 Å². The highest BCUT2D eigenvalue weighted by atomic mass is 35.5. The van der Waals surface area contributed by atoms with Crippen molar-refractivity contribution in [2.75, 3.05) is 43.6 Å². The van der Waals surface area contributed by atoms with Crippen molar-refractivity contribution in [1.82, 2.24) is 0 Å². The SMILES string of the molecule is COC(=O)c1cc(NC(=O)C=Cc2ccc(Cl)cc2)ccc1N1CCOCC1. The summed E-state index contributed by atoms with van der Waals surface area (Å²) in [5.41, 5.74) is 2.55. The molecule has 0 atom stereocenters. The van der Waals surface area contributed by atoms with Crippen LogP contribution in [-0.4, -0.2) is 45.3 Å². The molecule has 1 N–H and O–H groups in total. The molecular formula is C21H21ClN2O4. The van der Waals surface area contributed by atoms with Gasteiger partial charge < -0.3 is 19.7 Å². The first-order valence-electron chi connectivity index (χ1n) is 8.86. The minimum absolute atomic E-state index is 0.301. The molecule has 1 aliphatic heterocycles. The largest absolute Gasteiger partial charge is 0.465 e. The van der Waals surface area contributed by atoms with E-state index < -0.39 is 5.97 Å². The highest BCUT2D eigenvalue weighted by Gasteiger charge is 2.20. The fourth-order valence-corrected chi connectivity index (χ4v) is 3.02. The molecule has 0 saturated carbocycles. The monoisotopic (exact) mass is 400 g/mol. The van der Waals surface area contributed by atoms with Crippen LogP contribution in [0.1, 0.15) is 15.9 Å². The van der Waals surface area contributed by atoms with Gasteiger partial charge in [0, 0.05) is 29.9 Å². The summed E-state index contributed by atoms with van der Waals surface area (Å²) in [4.78, 5) is 26.5. The number of carbonyl (C=O) groups is 2. The number of ether oxygens (including phenoxy) is 2. The van der Waals surface area contributed by atoms with Gasteiger partial charge in [-0.25, -0.2) is 4.79 Å². The number of esters is 1. The second-order valence-electron chi connectivity index (χ2n) is 6.20. The highest BCUT2D eigenvalue weighted by molar-refractivity contribution is 6.30. The van der Waals surface area contributed by atoms with Gasteiger partial charge in [-0.3, -0.25) is 4.79 Å². The van der Waals surface area contributed by atoms with E-state index >= 15 is 0 Å². The summed E-state index contributed by atoms with van der Waals surface area (Å²) in [5.74, 6) is -0.751. The summed E-state index contributed by atoms with van der Waals surface area (Å²) in [5, 5.41) is 3.41. The number of halogens is 1. The van der Waals surface area contributed by atoms with Crippen molar-refractivity contribution < 1.29 is 19.1 Å². The molecule has 0 radical (unpaired) electrons. The van der Waals surface area contributed by atoms with E-state index in [-0.39, 0.29) is 5.91 Å². The molecule has 1 aliphatic rings. The lowest BCUT2D eigenvalue weighted by Gasteiger charge is -2.30. The Labute approximate surface area is 168 Å². The second-order valence-corrected chi connectivity index (χ2v) is 6.63. The van der Waals surface area contributed by atoms with Gasteiger partial charge in [0.25, 0.3) is 0 Å². The minimum atomic E-state index is -0.450. The number of hydrogen-bond donors (Lipinski definition) is 1. The third-order valence-corrected chi connectivity index (χ3v) is 4.57. The zero-order valence-electron chi connectivity index (χ0n) is 15.5. The van der Waals surface area contributed by atoms with E-state index in [4.69, 9.17) is 21.1 Å². The Balaban J connectivity index is 1.75. The Morgan fingerprint density at radius 2 is 1.86 bits per heavy atom. The van der Waals surface area contributed by atoms with Crippen LogP contribution < -0.4 is 10.2 Å². The molecule has 146 valence electrons. The summed E-state index contributed by atoms with van der Waals surface area (Å²) in [6.07, 6.45) is 3.12. The molecule has 0 bridgehead atoms. The maximum absolute atomic E-state index is 12.2. The van der Waals surface area contributed by atoms with Gasteiger partial charge in [0.2, 0.25) is 5.91 Å². The predicted molar refractivity (Wildman–Crippen MR) is 110 cm³/mol. The predicted octanol–water partition coefficient (Wildman–Crippen LogP) is 3.62. The number of rotatable bonds is 5. The number of carbonyl (C=O) groups excluding carboxylic acids is 2. The molecule has 0 aromatic heterocycles. The molecule has 1 saturated heterocycles. The second kappa shape index (κ2) is 9.39. The van der Waals surface area contributed by atoms with E-state index in [0.717, 1.165) is 11.3 Å². The summed E-state index contributed by atoms with van der Waals surface area (Å²) in [6, 6.07) is 12.4. The normalized spacial score (nSPS) is 14.1. The lowest BCUT2D eigenvalue weighted by Crippen LogP contribution is -2.37. The number of methoxy groups -OCH3 is 1. The molecule has 0 aliphatic carbocycles. The number of benzene rings is 2. The van der Waals surface area contributed by atoms with Gasteiger partial charge in [0.15, 0.2) is 0 Å². The molecule has 1 amide bonds. The zero-order valence-corrected chi connectivity index (χ0v) is 16.2. The Morgan fingerprint density at radius 1 is 1.14 bits per heavy atom. The fraction of sp³-hybridized carbons (Fsp3) is 0.238. The molecule has 28 heavy (non-hydrogen) atoms. The zero-order chi connectivity index (χ0) is 19.9. The first-order valence-corrected chi connectivity index (χ1v) is 9.24. The molecule has 1 heterocycles. The van der Waals surface area contributed by atoms with Gasteiger partial charge in [-0.05, 0) is 42.0 Å². The lowest BCUT2D eigenvalue weighted by molar-refractivity contribution is -0.111. The van der Waals surface area contributed by atoms with Crippen molar-refractivity contribution in [3.05, 3.63) is 64.7 Å². The van der Waals surface area contributed by atoms with Gasteiger partial charge in [-0.15, -0.1) is 0 Å².